The first-order valence-electron chi connectivity index (χ1n) is 12.1. The molecule has 0 aliphatic heterocycles. The molecule has 0 spiro atoms. The molecule has 0 fully saturated rings. The van der Waals surface area contributed by atoms with Crippen LogP contribution in [0.1, 0.15) is 35.1 Å². The molecule has 3 heterocycles. The van der Waals surface area contributed by atoms with Crippen molar-refractivity contribution in [2.24, 2.45) is 0 Å². The Balaban J connectivity index is 1.39. The Morgan fingerprint density at radius 1 is 0.946 bits per heavy atom. The molecule has 8 heteroatoms. The number of anilines is 3. The number of nitrogens with one attached hydrogen (secondary N) is 2. The monoisotopic (exact) mass is 506 g/mol. The highest BCUT2D eigenvalue weighted by Gasteiger charge is 2.11. The number of fused-ring (bicyclic) bond motifs is 1. The predicted molar refractivity (Wildman–Crippen MR) is 149 cm³/mol. The van der Waals surface area contributed by atoms with Gasteiger partial charge in [-0.15, -0.1) is 0 Å². The lowest BCUT2D eigenvalue weighted by molar-refractivity contribution is 0.102. The summed E-state index contributed by atoms with van der Waals surface area (Å²) in [5.74, 6) is -0.298. The van der Waals surface area contributed by atoms with Gasteiger partial charge in [-0.05, 0) is 67.4 Å². The third-order valence-corrected chi connectivity index (χ3v) is 6.75. The molecule has 0 radical (unpaired) electrons. The number of aromatic nitrogens is 4. The molecule has 5 rings (SSSR count). The normalized spacial score (nSPS) is 10.9. The van der Waals surface area contributed by atoms with Crippen LogP contribution in [0.5, 0.6) is 0 Å². The lowest BCUT2D eigenvalue weighted by Crippen LogP contribution is -2.13. The summed E-state index contributed by atoms with van der Waals surface area (Å²) >= 11 is 1.62. The first-order chi connectivity index (χ1) is 18.1. The molecule has 7 nitrogen and oxygen atoms in total. The van der Waals surface area contributed by atoms with Crippen molar-refractivity contribution in [1.82, 2.24) is 19.9 Å². The Hall–Kier alpha value is -4.30. The number of carbonyl (C=O) groups excluding carboxylic acids is 1. The second-order valence-electron chi connectivity index (χ2n) is 8.58. The molecule has 0 bridgehead atoms. The van der Waals surface area contributed by atoms with Crippen LogP contribution in [0, 0.1) is 6.92 Å². The molecule has 0 aliphatic rings. The average Bonchev–Trinajstić information content (AvgIpc) is 2.91. The van der Waals surface area contributed by atoms with Crippen LogP contribution >= 0.6 is 11.8 Å². The Labute approximate surface area is 219 Å². The van der Waals surface area contributed by atoms with Crippen LogP contribution in [0.4, 0.5) is 17.1 Å². The quantitative estimate of drug-likeness (QED) is 0.238. The maximum atomic E-state index is 12.5. The Morgan fingerprint density at radius 3 is 2.70 bits per heavy atom. The summed E-state index contributed by atoms with van der Waals surface area (Å²) < 4.78 is 0. The zero-order chi connectivity index (χ0) is 25.6. The molecule has 0 saturated carbocycles. The maximum absolute atomic E-state index is 12.5. The third kappa shape index (κ3) is 5.92. The van der Waals surface area contributed by atoms with Gasteiger partial charge in [0, 0.05) is 45.1 Å². The number of rotatable bonds is 8. The Bertz CT molecular complexity index is 1560. The van der Waals surface area contributed by atoms with E-state index in [0.717, 1.165) is 56.3 Å². The molecule has 0 atom stereocenters. The molecule has 2 N–H and O–H groups in total. The van der Waals surface area contributed by atoms with Crippen molar-refractivity contribution in [2.75, 3.05) is 10.6 Å². The van der Waals surface area contributed by atoms with Gasteiger partial charge >= 0.3 is 0 Å². The fraction of sp³-hybridized carbons (Fsp3) is 0.138. The first kappa shape index (κ1) is 24.4. The first-order valence-corrected chi connectivity index (χ1v) is 12.9. The van der Waals surface area contributed by atoms with E-state index in [1.807, 2.05) is 30.3 Å². The summed E-state index contributed by atoms with van der Waals surface area (Å²) in [4.78, 5) is 31.8. The van der Waals surface area contributed by atoms with E-state index < -0.39 is 0 Å². The largest absolute Gasteiger partial charge is 0.354 e. The van der Waals surface area contributed by atoms with Gasteiger partial charge in [-0.25, -0.2) is 15.0 Å². The topological polar surface area (TPSA) is 92.7 Å². The zero-order valence-corrected chi connectivity index (χ0v) is 21.4. The molecule has 0 saturated heterocycles. The van der Waals surface area contributed by atoms with E-state index in [0.29, 0.717) is 5.69 Å². The van der Waals surface area contributed by atoms with Crippen molar-refractivity contribution < 1.29 is 4.79 Å². The lowest BCUT2D eigenvalue weighted by Gasteiger charge is -2.15. The minimum atomic E-state index is -0.298. The van der Waals surface area contributed by atoms with E-state index in [2.05, 4.69) is 69.8 Å². The van der Waals surface area contributed by atoms with Gasteiger partial charge in [0.05, 0.1) is 17.6 Å². The van der Waals surface area contributed by atoms with E-state index in [4.69, 9.17) is 4.98 Å². The van der Waals surface area contributed by atoms with Gasteiger partial charge in [0.15, 0.2) is 5.65 Å². The number of pyridine rings is 2. The highest BCUT2D eigenvalue weighted by atomic mass is 32.2. The second kappa shape index (κ2) is 11.2. The summed E-state index contributed by atoms with van der Waals surface area (Å²) in [6.07, 6.45) is 8.26. The SMILES string of the molecule is CCCc1ccc2c(Nc3cc(C)ccc3Sc3cccc(NC(=O)c4cnccn4)c3)ccnc2n1. The fourth-order valence-electron chi connectivity index (χ4n) is 3.92. The minimum Gasteiger partial charge on any atom is -0.354 e. The molecular weight excluding hydrogens is 480 g/mol. The van der Waals surface area contributed by atoms with Crippen molar-refractivity contribution in [3.05, 3.63) is 102 Å². The standard InChI is InChI=1S/C29H26N6OS/c1-3-5-20-9-10-23-24(12-13-32-28(23)33-20)35-25-16-19(2)8-11-27(25)37-22-7-4-6-21(17-22)34-29(36)26-18-30-14-15-31-26/h4,6-18H,3,5H2,1-2H3,(H,34,36)(H,32,33,35). The number of nitrogens with zero attached hydrogens (tertiary/aromatic N) is 4. The van der Waals surface area contributed by atoms with Gasteiger partial charge in [-0.3, -0.25) is 9.78 Å². The van der Waals surface area contributed by atoms with Crippen LogP contribution in [0.2, 0.25) is 0 Å². The van der Waals surface area contributed by atoms with E-state index in [1.54, 1.807) is 18.0 Å². The van der Waals surface area contributed by atoms with Gasteiger partial charge in [0.25, 0.3) is 5.91 Å². The van der Waals surface area contributed by atoms with Gasteiger partial charge in [0.1, 0.15) is 5.69 Å². The van der Waals surface area contributed by atoms with E-state index in [1.165, 1.54) is 18.6 Å². The van der Waals surface area contributed by atoms with Crippen LogP contribution in [0.25, 0.3) is 11.0 Å². The molecule has 37 heavy (non-hydrogen) atoms. The van der Waals surface area contributed by atoms with Crippen molar-refractivity contribution in [3.63, 3.8) is 0 Å². The zero-order valence-electron chi connectivity index (χ0n) is 20.6. The Morgan fingerprint density at radius 2 is 1.86 bits per heavy atom. The van der Waals surface area contributed by atoms with Gasteiger partial charge < -0.3 is 10.6 Å². The van der Waals surface area contributed by atoms with E-state index in [9.17, 15) is 4.79 Å². The lowest BCUT2D eigenvalue weighted by atomic mass is 10.1. The van der Waals surface area contributed by atoms with E-state index >= 15 is 0 Å². The number of amides is 1. The maximum Gasteiger partial charge on any atom is 0.275 e. The molecule has 184 valence electrons. The average molecular weight is 507 g/mol. The van der Waals surface area contributed by atoms with Gasteiger partial charge in [-0.2, -0.15) is 0 Å². The number of benzene rings is 2. The minimum absolute atomic E-state index is 0.270. The van der Waals surface area contributed by atoms with Crippen LogP contribution in [-0.2, 0) is 6.42 Å². The summed E-state index contributed by atoms with van der Waals surface area (Å²) in [6, 6.07) is 20.2. The summed E-state index contributed by atoms with van der Waals surface area (Å²) in [7, 11) is 0. The predicted octanol–water partition coefficient (Wildman–Crippen LogP) is 6.83. The van der Waals surface area contributed by atoms with Crippen LogP contribution in [-0.4, -0.2) is 25.8 Å². The number of hydrogen-bond acceptors (Lipinski definition) is 7. The number of hydrogen-bond donors (Lipinski definition) is 2. The number of carbonyl (C=O) groups is 1. The molecule has 1 amide bonds. The Kier molecular flexibility index (Phi) is 7.37. The van der Waals surface area contributed by atoms with Crippen molar-refractivity contribution in [3.8, 4) is 0 Å². The van der Waals surface area contributed by atoms with Crippen molar-refractivity contribution in [1.29, 1.82) is 0 Å². The number of aryl methyl sites for hydroxylation is 2. The molecule has 0 aliphatic carbocycles. The molecular formula is C29H26N6OS. The third-order valence-electron chi connectivity index (χ3n) is 5.69. The molecule has 0 unspecified atom stereocenters. The highest BCUT2D eigenvalue weighted by Crippen LogP contribution is 2.37. The molecule has 2 aromatic carbocycles. The smallest absolute Gasteiger partial charge is 0.275 e. The summed E-state index contributed by atoms with van der Waals surface area (Å²) in [6.45, 7) is 4.22. The molecule has 5 aromatic rings. The summed E-state index contributed by atoms with van der Waals surface area (Å²) in [5, 5.41) is 7.49. The van der Waals surface area contributed by atoms with Crippen LogP contribution in [0.3, 0.4) is 0 Å². The van der Waals surface area contributed by atoms with Crippen LogP contribution in [0.15, 0.2) is 95.2 Å². The van der Waals surface area contributed by atoms with Crippen LogP contribution < -0.4 is 10.6 Å². The van der Waals surface area contributed by atoms with Crippen molar-refractivity contribution in [2.45, 2.75) is 36.5 Å². The van der Waals surface area contributed by atoms with E-state index in [-0.39, 0.29) is 11.6 Å². The van der Waals surface area contributed by atoms with Gasteiger partial charge in [-0.1, -0.05) is 37.2 Å². The highest BCUT2D eigenvalue weighted by molar-refractivity contribution is 7.99. The molecule has 3 aromatic heterocycles. The van der Waals surface area contributed by atoms with Crippen molar-refractivity contribution >= 4 is 45.8 Å². The summed E-state index contributed by atoms with van der Waals surface area (Å²) in [5.41, 5.74) is 5.85. The fourth-order valence-corrected chi connectivity index (χ4v) is 4.87. The van der Waals surface area contributed by atoms with Gasteiger partial charge in [0.2, 0.25) is 0 Å². The second-order valence-corrected chi connectivity index (χ2v) is 9.70.